The zero-order valence-electron chi connectivity index (χ0n) is 14.8. The van der Waals surface area contributed by atoms with Crippen LogP contribution in [0.25, 0.3) is 0 Å². The smallest absolute Gasteiger partial charge is 0.246 e. The Morgan fingerprint density at radius 1 is 1.08 bits per heavy atom. The lowest BCUT2D eigenvalue weighted by Crippen LogP contribution is -2.61. The number of anilines is 1. The first kappa shape index (κ1) is 18.3. The van der Waals surface area contributed by atoms with Crippen LogP contribution in [0.2, 0.25) is 0 Å². The summed E-state index contributed by atoms with van der Waals surface area (Å²) < 4.78 is 31.4. The van der Waals surface area contributed by atoms with Gasteiger partial charge in [0.25, 0.3) is 0 Å². The molecule has 0 radical (unpaired) electrons. The van der Waals surface area contributed by atoms with E-state index in [1.165, 1.54) is 4.31 Å². The fourth-order valence-electron chi connectivity index (χ4n) is 3.03. The number of carbonyl (C=O) groups excluding carboxylic acids is 1. The molecule has 1 aliphatic heterocycles. The summed E-state index contributed by atoms with van der Waals surface area (Å²) in [5.41, 5.74) is 0.480. The van der Waals surface area contributed by atoms with Crippen LogP contribution in [0.15, 0.2) is 60.7 Å². The second-order valence-corrected chi connectivity index (χ2v) is 8.23. The molecule has 0 unspecified atom stereocenters. The van der Waals surface area contributed by atoms with Crippen LogP contribution in [-0.4, -0.2) is 50.7 Å². The SMILES string of the molecule is C[C@@H](C(=O)N1CC(Oc2ccccc2)C1)N(c1ccccc1)S(C)(=O)=O. The molecule has 1 fully saturated rings. The maximum atomic E-state index is 12.7. The molecule has 0 bridgehead atoms. The first-order chi connectivity index (χ1) is 12.4. The molecule has 1 amide bonds. The highest BCUT2D eigenvalue weighted by atomic mass is 32.2. The van der Waals surface area contributed by atoms with E-state index in [-0.39, 0.29) is 12.0 Å². The van der Waals surface area contributed by atoms with Crippen LogP contribution in [0.5, 0.6) is 5.75 Å². The summed E-state index contributed by atoms with van der Waals surface area (Å²) in [7, 11) is -3.59. The number of nitrogens with zero attached hydrogens (tertiary/aromatic N) is 2. The summed E-state index contributed by atoms with van der Waals surface area (Å²) >= 11 is 0. The average molecular weight is 374 g/mol. The summed E-state index contributed by atoms with van der Waals surface area (Å²) in [6, 6.07) is 17.3. The third-order valence-corrected chi connectivity index (χ3v) is 5.52. The second-order valence-electron chi connectivity index (χ2n) is 6.37. The van der Waals surface area contributed by atoms with Gasteiger partial charge in [-0.25, -0.2) is 8.42 Å². The minimum absolute atomic E-state index is 0.0723. The van der Waals surface area contributed by atoms with Crippen molar-refractivity contribution in [2.24, 2.45) is 0 Å². The van der Waals surface area contributed by atoms with Gasteiger partial charge in [0.1, 0.15) is 17.9 Å². The average Bonchev–Trinajstić information content (AvgIpc) is 2.58. The Morgan fingerprint density at radius 3 is 2.15 bits per heavy atom. The van der Waals surface area contributed by atoms with E-state index in [2.05, 4.69) is 0 Å². The van der Waals surface area contributed by atoms with Crippen molar-refractivity contribution in [1.29, 1.82) is 0 Å². The minimum atomic E-state index is -3.59. The predicted octanol–water partition coefficient (Wildman–Crippen LogP) is 2.13. The van der Waals surface area contributed by atoms with E-state index < -0.39 is 16.1 Å². The highest BCUT2D eigenvalue weighted by Crippen LogP contribution is 2.24. The van der Waals surface area contributed by atoms with E-state index in [0.29, 0.717) is 18.8 Å². The van der Waals surface area contributed by atoms with Crippen LogP contribution in [-0.2, 0) is 14.8 Å². The van der Waals surface area contributed by atoms with Gasteiger partial charge in [0, 0.05) is 0 Å². The molecular formula is C19H22N2O4S. The van der Waals surface area contributed by atoms with E-state index in [9.17, 15) is 13.2 Å². The number of ether oxygens (including phenoxy) is 1. The van der Waals surface area contributed by atoms with Gasteiger partial charge in [-0.15, -0.1) is 0 Å². The Kier molecular flexibility index (Phi) is 5.18. The van der Waals surface area contributed by atoms with Gasteiger partial charge in [-0.1, -0.05) is 36.4 Å². The monoisotopic (exact) mass is 374 g/mol. The van der Waals surface area contributed by atoms with E-state index in [1.807, 2.05) is 30.3 Å². The maximum absolute atomic E-state index is 12.7. The summed E-state index contributed by atoms with van der Waals surface area (Å²) in [6.45, 7) is 2.51. The van der Waals surface area contributed by atoms with Gasteiger partial charge in [0.05, 0.1) is 25.0 Å². The van der Waals surface area contributed by atoms with E-state index in [0.717, 1.165) is 12.0 Å². The number of likely N-dealkylation sites (tertiary alicyclic amines) is 1. The molecule has 1 atom stereocenters. The molecule has 1 saturated heterocycles. The first-order valence-corrected chi connectivity index (χ1v) is 10.3. The molecule has 1 aliphatic rings. The van der Waals surface area contributed by atoms with Gasteiger partial charge in [0.2, 0.25) is 15.9 Å². The Balaban J connectivity index is 1.66. The second kappa shape index (κ2) is 7.37. The number of amides is 1. The van der Waals surface area contributed by atoms with Crippen LogP contribution in [0.4, 0.5) is 5.69 Å². The molecule has 26 heavy (non-hydrogen) atoms. The van der Waals surface area contributed by atoms with Gasteiger partial charge < -0.3 is 9.64 Å². The summed E-state index contributed by atoms with van der Waals surface area (Å²) in [4.78, 5) is 14.4. The highest BCUT2D eigenvalue weighted by molar-refractivity contribution is 7.92. The van der Waals surface area contributed by atoms with Crippen molar-refractivity contribution >= 4 is 21.6 Å². The van der Waals surface area contributed by atoms with Crippen LogP contribution in [0.3, 0.4) is 0 Å². The molecule has 0 aromatic heterocycles. The lowest BCUT2D eigenvalue weighted by molar-refractivity contribution is -0.140. The minimum Gasteiger partial charge on any atom is -0.487 e. The number of para-hydroxylation sites is 2. The summed E-state index contributed by atoms with van der Waals surface area (Å²) in [5, 5.41) is 0. The topological polar surface area (TPSA) is 66.9 Å². The standard InChI is InChI=1S/C19H22N2O4S/c1-15(21(26(2,23)24)16-9-5-3-6-10-16)19(22)20-13-18(14-20)25-17-11-7-4-8-12-17/h3-12,15,18H,13-14H2,1-2H3/t15-/m0/s1. The molecule has 138 valence electrons. The number of hydrogen-bond acceptors (Lipinski definition) is 4. The molecule has 2 aromatic carbocycles. The molecule has 1 heterocycles. The number of benzene rings is 2. The number of sulfonamides is 1. The Morgan fingerprint density at radius 2 is 1.62 bits per heavy atom. The normalized spacial score (nSPS) is 15.8. The molecule has 0 spiro atoms. The number of rotatable bonds is 6. The Hall–Kier alpha value is -2.54. The van der Waals surface area contributed by atoms with Crippen molar-refractivity contribution in [3.05, 3.63) is 60.7 Å². The highest BCUT2D eigenvalue weighted by Gasteiger charge is 2.38. The van der Waals surface area contributed by atoms with Crippen molar-refractivity contribution in [3.63, 3.8) is 0 Å². The fourth-order valence-corrected chi connectivity index (χ4v) is 4.20. The molecule has 0 aliphatic carbocycles. The summed E-state index contributed by atoms with van der Waals surface area (Å²) in [6.07, 6.45) is 1.04. The van der Waals surface area contributed by atoms with Crippen LogP contribution in [0, 0.1) is 0 Å². The van der Waals surface area contributed by atoms with Gasteiger partial charge in [-0.3, -0.25) is 9.10 Å². The first-order valence-electron chi connectivity index (χ1n) is 8.41. The van der Waals surface area contributed by atoms with Gasteiger partial charge in [-0.05, 0) is 31.2 Å². The van der Waals surface area contributed by atoms with Crippen molar-refractivity contribution < 1.29 is 17.9 Å². The lowest BCUT2D eigenvalue weighted by atomic mass is 10.1. The number of carbonyl (C=O) groups is 1. The third-order valence-electron chi connectivity index (χ3n) is 4.28. The van der Waals surface area contributed by atoms with Gasteiger partial charge in [-0.2, -0.15) is 0 Å². The van der Waals surface area contributed by atoms with Crippen LogP contribution < -0.4 is 9.04 Å². The maximum Gasteiger partial charge on any atom is 0.246 e. The zero-order chi connectivity index (χ0) is 18.7. The largest absolute Gasteiger partial charge is 0.487 e. The van der Waals surface area contributed by atoms with Crippen molar-refractivity contribution in [2.45, 2.75) is 19.1 Å². The van der Waals surface area contributed by atoms with Crippen LogP contribution >= 0.6 is 0 Å². The quantitative estimate of drug-likeness (QED) is 0.777. The Labute approximate surface area is 154 Å². The molecule has 2 aromatic rings. The van der Waals surface area contributed by atoms with E-state index >= 15 is 0 Å². The van der Waals surface area contributed by atoms with Gasteiger partial charge in [0.15, 0.2) is 0 Å². The number of hydrogen-bond donors (Lipinski definition) is 0. The van der Waals surface area contributed by atoms with E-state index in [4.69, 9.17) is 4.74 Å². The lowest BCUT2D eigenvalue weighted by Gasteiger charge is -2.41. The molecular weight excluding hydrogens is 352 g/mol. The zero-order valence-corrected chi connectivity index (χ0v) is 15.6. The molecule has 0 saturated carbocycles. The van der Waals surface area contributed by atoms with Crippen molar-refractivity contribution in [2.75, 3.05) is 23.7 Å². The summed E-state index contributed by atoms with van der Waals surface area (Å²) in [5.74, 6) is 0.534. The molecule has 0 N–H and O–H groups in total. The van der Waals surface area contributed by atoms with Crippen molar-refractivity contribution in [1.82, 2.24) is 4.90 Å². The van der Waals surface area contributed by atoms with Crippen LogP contribution in [0.1, 0.15) is 6.92 Å². The Bertz CT molecular complexity index is 850. The van der Waals surface area contributed by atoms with Crippen molar-refractivity contribution in [3.8, 4) is 5.75 Å². The third kappa shape index (κ3) is 3.99. The van der Waals surface area contributed by atoms with Gasteiger partial charge >= 0.3 is 0 Å². The predicted molar refractivity (Wildman–Crippen MR) is 101 cm³/mol. The van der Waals surface area contributed by atoms with E-state index in [1.54, 1.807) is 42.2 Å². The molecule has 3 rings (SSSR count). The molecule has 7 heteroatoms. The fraction of sp³-hybridized carbons (Fsp3) is 0.316. The molecule has 6 nitrogen and oxygen atoms in total.